The summed E-state index contributed by atoms with van der Waals surface area (Å²) in [6.07, 6.45) is 8.06. The average Bonchev–Trinajstić information content (AvgIpc) is 3.06. The number of rotatable bonds is 1. The zero-order valence-corrected chi connectivity index (χ0v) is 16.2. The highest BCUT2D eigenvalue weighted by Crippen LogP contribution is 2.74. The third kappa shape index (κ3) is 1.60. The first-order chi connectivity index (χ1) is 13.0. The molecule has 5 heteroatoms. The van der Waals surface area contributed by atoms with Gasteiger partial charge in [0.1, 0.15) is 5.57 Å². The minimum atomic E-state index is -0.980. The smallest absolute Gasteiger partial charge is 0.341 e. The van der Waals surface area contributed by atoms with E-state index in [0.717, 1.165) is 56.9 Å². The number of esters is 1. The maximum absolute atomic E-state index is 13.5. The van der Waals surface area contributed by atoms with Crippen LogP contribution in [0.15, 0.2) is 11.1 Å². The van der Waals surface area contributed by atoms with Crippen molar-refractivity contribution >= 4 is 11.8 Å². The van der Waals surface area contributed by atoms with E-state index in [-0.39, 0.29) is 34.6 Å². The lowest BCUT2D eigenvalue weighted by atomic mass is 9.54. The predicted molar refractivity (Wildman–Crippen MR) is 97.7 cm³/mol. The number of hydrogen-bond donors (Lipinski definition) is 1. The molecule has 0 aromatic carbocycles. The molecule has 5 fully saturated rings. The van der Waals surface area contributed by atoms with Crippen molar-refractivity contribution in [3.05, 3.63) is 11.1 Å². The van der Waals surface area contributed by atoms with Crippen molar-refractivity contribution in [1.29, 1.82) is 0 Å². The molecular weight excluding hydrogens is 342 g/mol. The Hall–Kier alpha value is -1.20. The lowest BCUT2D eigenvalue weighted by Gasteiger charge is -2.63. The topological polar surface area (TPSA) is 66.8 Å². The molecule has 3 saturated heterocycles. The molecular formula is C22H29NO4. The minimum Gasteiger partial charge on any atom is -0.465 e. The molecule has 146 valence electrons. The van der Waals surface area contributed by atoms with Crippen LogP contribution in [0.4, 0.5) is 0 Å². The first kappa shape index (κ1) is 16.7. The van der Waals surface area contributed by atoms with E-state index in [1.807, 2.05) is 0 Å². The largest absolute Gasteiger partial charge is 0.465 e. The number of Topliss-reactive ketones (excluding diaryl/α,β-unsaturated/α-hetero) is 1. The van der Waals surface area contributed by atoms with Gasteiger partial charge in [-0.2, -0.15) is 0 Å². The normalized spacial score (nSPS) is 54.8. The highest BCUT2D eigenvalue weighted by Gasteiger charge is 2.80. The molecule has 5 nitrogen and oxygen atoms in total. The number of carbonyl (C=O) groups is 2. The maximum Gasteiger partial charge on any atom is 0.341 e. The minimum absolute atomic E-state index is 0.0384. The Morgan fingerprint density at radius 1 is 1.19 bits per heavy atom. The molecule has 27 heavy (non-hydrogen) atoms. The number of aliphatic hydroxyl groups is 1. The zero-order valence-electron chi connectivity index (χ0n) is 16.2. The van der Waals surface area contributed by atoms with Crippen LogP contribution in [0.25, 0.3) is 0 Å². The standard InChI is InChI=1S/C22H29NO4/c1-11-7-8-15-16-9-12-10-21(15,26)19-17(20(25)27-2)18(24)13-5-3-4-6-14(13)22(12,19)23(11)16/h11-16,26H,3-10H2,1-2H3/t11-,12-,13+,14+,15+,16+,21+,22+/m0/s1. The van der Waals surface area contributed by atoms with Crippen LogP contribution in [-0.4, -0.2) is 52.1 Å². The first-order valence-corrected chi connectivity index (χ1v) is 10.8. The first-order valence-electron chi connectivity index (χ1n) is 10.8. The summed E-state index contributed by atoms with van der Waals surface area (Å²) in [6.45, 7) is 2.31. The molecule has 0 aromatic rings. The molecule has 9 atom stereocenters. The van der Waals surface area contributed by atoms with Gasteiger partial charge in [-0.15, -0.1) is 0 Å². The van der Waals surface area contributed by atoms with Crippen molar-refractivity contribution in [3.63, 3.8) is 0 Å². The maximum atomic E-state index is 13.5. The molecule has 3 aliphatic heterocycles. The quantitative estimate of drug-likeness (QED) is 0.566. The Labute approximate surface area is 160 Å². The number of carbonyl (C=O) groups excluding carboxylic acids is 2. The third-order valence-electron chi connectivity index (χ3n) is 9.33. The Morgan fingerprint density at radius 2 is 1.96 bits per heavy atom. The number of ketones is 1. The molecule has 5 bridgehead atoms. The van der Waals surface area contributed by atoms with E-state index >= 15 is 0 Å². The predicted octanol–water partition coefficient (Wildman–Crippen LogP) is 2.22. The van der Waals surface area contributed by atoms with Crippen molar-refractivity contribution in [2.75, 3.05) is 7.11 Å². The molecule has 6 rings (SSSR count). The number of fused-ring (bicyclic) bond motifs is 2. The van der Waals surface area contributed by atoms with Gasteiger partial charge < -0.3 is 9.84 Å². The number of methoxy groups -OCH3 is 1. The van der Waals surface area contributed by atoms with E-state index < -0.39 is 11.6 Å². The van der Waals surface area contributed by atoms with Crippen molar-refractivity contribution in [2.45, 2.75) is 81.5 Å². The third-order valence-corrected chi connectivity index (χ3v) is 9.33. The molecule has 0 amide bonds. The SMILES string of the molecule is COC(=O)C1=C2[C@@]3([C@H]4C[C@@H]5[C@@H](CC[C@H](C)N53)[C@]2(O)C4)[C@@H]2CCCC[C@H]2C1=O. The van der Waals surface area contributed by atoms with E-state index in [4.69, 9.17) is 4.74 Å². The Bertz CT molecular complexity index is 789. The Morgan fingerprint density at radius 3 is 2.74 bits per heavy atom. The molecule has 0 aromatic heterocycles. The summed E-state index contributed by atoms with van der Waals surface area (Å²) >= 11 is 0. The van der Waals surface area contributed by atoms with Crippen LogP contribution >= 0.6 is 0 Å². The van der Waals surface area contributed by atoms with Crippen LogP contribution in [0.3, 0.4) is 0 Å². The fraction of sp³-hybridized carbons (Fsp3) is 0.818. The van der Waals surface area contributed by atoms with Crippen LogP contribution in [-0.2, 0) is 14.3 Å². The van der Waals surface area contributed by atoms with Crippen LogP contribution in [0, 0.1) is 23.7 Å². The fourth-order valence-corrected chi connectivity index (χ4v) is 8.84. The number of nitrogens with zero attached hydrogens (tertiary/aromatic N) is 1. The van der Waals surface area contributed by atoms with Crippen molar-refractivity contribution in [2.24, 2.45) is 23.7 Å². The van der Waals surface area contributed by atoms with Gasteiger partial charge in [0.25, 0.3) is 0 Å². The highest BCUT2D eigenvalue weighted by atomic mass is 16.5. The summed E-state index contributed by atoms with van der Waals surface area (Å²) < 4.78 is 5.11. The lowest BCUT2D eigenvalue weighted by Crippen LogP contribution is -2.72. The van der Waals surface area contributed by atoms with E-state index in [0.29, 0.717) is 18.0 Å². The molecule has 0 radical (unpaired) electrons. The molecule has 1 unspecified atom stereocenters. The zero-order chi connectivity index (χ0) is 18.7. The van der Waals surface area contributed by atoms with Gasteiger partial charge in [0.2, 0.25) is 0 Å². The van der Waals surface area contributed by atoms with E-state index in [2.05, 4.69) is 11.8 Å². The molecule has 3 aliphatic carbocycles. The molecule has 2 saturated carbocycles. The molecule has 6 aliphatic rings. The summed E-state index contributed by atoms with van der Waals surface area (Å²) in [6, 6.07) is 0.861. The molecule has 3 heterocycles. The number of piperidine rings is 2. The summed E-state index contributed by atoms with van der Waals surface area (Å²) in [5.41, 5.74) is -0.232. The van der Waals surface area contributed by atoms with Gasteiger partial charge >= 0.3 is 5.97 Å². The summed E-state index contributed by atoms with van der Waals surface area (Å²) in [5, 5.41) is 12.0. The van der Waals surface area contributed by atoms with Crippen LogP contribution in [0.1, 0.15) is 58.3 Å². The van der Waals surface area contributed by atoms with Gasteiger partial charge in [0.05, 0.1) is 18.2 Å². The van der Waals surface area contributed by atoms with Crippen molar-refractivity contribution in [3.8, 4) is 0 Å². The van der Waals surface area contributed by atoms with Gasteiger partial charge in [0.15, 0.2) is 5.78 Å². The molecule has 1 spiro atoms. The van der Waals surface area contributed by atoms with Gasteiger partial charge in [-0.1, -0.05) is 12.8 Å². The fourth-order valence-electron chi connectivity index (χ4n) is 8.84. The van der Waals surface area contributed by atoms with Gasteiger partial charge in [-0.25, -0.2) is 4.79 Å². The Kier molecular flexibility index (Phi) is 3.12. The second-order valence-corrected chi connectivity index (χ2v) is 10.00. The van der Waals surface area contributed by atoms with Crippen molar-refractivity contribution < 1.29 is 19.4 Å². The van der Waals surface area contributed by atoms with Crippen LogP contribution in [0.5, 0.6) is 0 Å². The van der Waals surface area contributed by atoms with E-state index in [9.17, 15) is 14.7 Å². The monoisotopic (exact) mass is 371 g/mol. The average molecular weight is 371 g/mol. The summed E-state index contributed by atoms with van der Waals surface area (Å²) in [4.78, 5) is 29.1. The summed E-state index contributed by atoms with van der Waals surface area (Å²) in [7, 11) is 1.36. The summed E-state index contributed by atoms with van der Waals surface area (Å²) in [5.74, 6) is 0.151. The van der Waals surface area contributed by atoms with Crippen LogP contribution in [0.2, 0.25) is 0 Å². The second kappa shape index (κ2) is 5.04. The lowest BCUT2D eigenvalue weighted by molar-refractivity contribution is -0.150. The van der Waals surface area contributed by atoms with E-state index in [1.54, 1.807) is 0 Å². The van der Waals surface area contributed by atoms with Crippen molar-refractivity contribution in [1.82, 2.24) is 4.90 Å². The van der Waals surface area contributed by atoms with Gasteiger partial charge in [-0.3, -0.25) is 9.69 Å². The van der Waals surface area contributed by atoms with Crippen LogP contribution < -0.4 is 0 Å². The Balaban J connectivity index is 1.69. The van der Waals surface area contributed by atoms with E-state index in [1.165, 1.54) is 7.11 Å². The second-order valence-electron chi connectivity index (χ2n) is 10.00. The number of ether oxygens (including phenoxy) is 1. The van der Waals surface area contributed by atoms with Gasteiger partial charge in [-0.05, 0) is 57.3 Å². The number of hydrogen-bond acceptors (Lipinski definition) is 5. The highest BCUT2D eigenvalue weighted by molar-refractivity contribution is 6.20. The van der Waals surface area contributed by atoms with Gasteiger partial charge in [0, 0.05) is 29.5 Å². The molecule has 1 N–H and O–H groups in total.